The predicted molar refractivity (Wildman–Crippen MR) is 118 cm³/mol. The molecule has 0 radical (unpaired) electrons. The summed E-state index contributed by atoms with van der Waals surface area (Å²) < 4.78 is 5.73. The molecule has 0 unspecified atom stereocenters. The summed E-state index contributed by atoms with van der Waals surface area (Å²) in [5.74, 6) is 1.50. The summed E-state index contributed by atoms with van der Waals surface area (Å²) in [5, 5.41) is 0. The van der Waals surface area contributed by atoms with E-state index in [2.05, 4.69) is 34.3 Å². The van der Waals surface area contributed by atoms with E-state index in [4.69, 9.17) is 16.2 Å². The number of para-hydroxylation sites is 1. The maximum Gasteiger partial charge on any atom is 0.220 e. The average Bonchev–Trinajstić information content (AvgIpc) is 2.62. The molecule has 6 nitrogen and oxygen atoms in total. The van der Waals surface area contributed by atoms with Gasteiger partial charge >= 0.3 is 0 Å². The maximum atomic E-state index is 6.08. The quantitative estimate of drug-likeness (QED) is 0.692. The van der Waals surface area contributed by atoms with Crippen LogP contribution in [0, 0.1) is 0 Å². The Balaban J connectivity index is 0.00000280. The fraction of sp³-hybridized carbons (Fsp3) is 0.333. The van der Waals surface area contributed by atoms with Crippen LogP contribution in [0.4, 0.5) is 5.69 Å². The van der Waals surface area contributed by atoms with Crippen LogP contribution in [0.1, 0.15) is 32.3 Å². The van der Waals surface area contributed by atoms with Crippen molar-refractivity contribution in [3.63, 3.8) is 0 Å². The Bertz CT molecular complexity index is 818. The molecule has 0 aliphatic carbocycles. The Labute approximate surface area is 172 Å². The number of halogens is 1. The molecule has 3 rings (SSSR count). The lowest BCUT2D eigenvalue weighted by atomic mass is 10.1. The molecular weight excluding hydrogens is 374 g/mol. The van der Waals surface area contributed by atoms with Gasteiger partial charge in [0.2, 0.25) is 11.9 Å². The summed E-state index contributed by atoms with van der Waals surface area (Å²) in [6, 6.07) is 18.3. The predicted octanol–water partition coefficient (Wildman–Crippen LogP) is 3.70. The highest BCUT2D eigenvalue weighted by Crippen LogP contribution is 2.27. The van der Waals surface area contributed by atoms with E-state index in [0.717, 1.165) is 37.3 Å². The smallest absolute Gasteiger partial charge is 0.220 e. The number of rotatable bonds is 7. The maximum absolute atomic E-state index is 6.08. The molecule has 0 amide bonds. The van der Waals surface area contributed by atoms with Gasteiger partial charge in [-0.05, 0) is 62.9 Å². The van der Waals surface area contributed by atoms with Crippen molar-refractivity contribution in [2.75, 3.05) is 11.5 Å². The van der Waals surface area contributed by atoms with Gasteiger partial charge < -0.3 is 16.2 Å². The number of hydrogen-bond donors (Lipinski definition) is 2. The number of unbranched alkanes of at least 4 members (excludes halogenated alkanes) is 1. The minimum absolute atomic E-state index is 0. The molecule has 4 N–H and O–H groups in total. The summed E-state index contributed by atoms with van der Waals surface area (Å²) in [5.41, 5.74) is 13.5. The number of nitrogens with two attached hydrogens (primary N) is 2. The normalized spacial score (nSPS) is 15.3. The van der Waals surface area contributed by atoms with Crippen LogP contribution in [0.15, 0.2) is 64.6 Å². The van der Waals surface area contributed by atoms with Gasteiger partial charge in [-0.15, -0.1) is 12.4 Å². The Morgan fingerprint density at radius 2 is 1.64 bits per heavy atom. The fourth-order valence-electron chi connectivity index (χ4n) is 3.20. The standard InChI is InChI=1S/C21H27N5O.ClH/c1-21(2)25-19(22)24-20(23)26(21)17-13-11-16(12-14-17)8-6-7-15-27-18-9-4-3-5-10-18;/h3-5,9-14H,6-8,15H2,1-2H3,(H4,22,23,24,25);1H. The van der Waals surface area contributed by atoms with Crippen molar-refractivity contribution in [3.8, 4) is 5.75 Å². The molecule has 0 spiro atoms. The minimum atomic E-state index is -0.563. The number of guanidine groups is 2. The van der Waals surface area contributed by atoms with E-state index in [0.29, 0.717) is 5.96 Å². The van der Waals surface area contributed by atoms with Crippen LogP contribution in [-0.2, 0) is 6.42 Å². The Morgan fingerprint density at radius 3 is 2.29 bits per heavy atom. The van der Waals surface area contributed by atoms with Crippen LogP contribution >= 0.6 is 12.4 Å². The van der Waals surface area contributed by atoms with Crippen molar-refractivity contribution in [1.29, 1.82) is 0 Å². The van der Waals surface area contributed by atoms with E-state index in [1.165, 1.54) is 5.56 Å². The van der Waals surface area contributed by atoms with Crippen LogP contribution in [0.25, 0.3) is 0 Å². The molecule has 0 saturated heterocycles. The summed E-state index contributed by atoms with van der Waals surface area (Å²) >= 11 is 0. The SMILES string of the molecule is CC1(C)N=C(N)N=C(N)N1c1ccc(CCCCOc2ccccc2)cc1.Cl. The summed E-state index contributed by atoms with van der Waals surface area (Å²) in [4.78, 5) is 10.4. The van der Waals surface area contributed by atoms with E-state index in [9.17, 15) is 0 Å². The third-order valence-electron chi connectivity index (χ3n) is 4.46. The van der Waals surface area contributed by atoms with Crippen molar-refractivity contribution in [2.24, 2.45) is 21.5 Å². The van der Waals surface area contributed by atoms with Gasteiger partial charge in [-0.1, -0.05) is 30.3 Å². The molecule has 0 atom stereocenters. The molecule has 0 fully saturated rings. The molecule has 1 aliphatic rings. The minimum Gasteiger partial charge on any atom is -0.494 e. The molecule has 0 saturated carbocycles. The number of benzene rings is 2. The lowest BCUT2D eigenvalue weighted by molar-refractivity contribution is 0.307. The number of hydrogen-bond acceptors (Lipinski definition) is 6. The van der Waals surface area contributed by atoms with Gasteiger partial charge in [0.05, 0.1) is 6.61 Å². The van der Waals surface area contributed by atoms with Gasteiger partial charge in [0.25, 0.3) is 0 Å². The van der Waals surface area contributed by atoms with Crippen molar-refractivity contribution < 1.29 is 4.74 Å². The molecule has 2 aromatic carbocycles. The zero-order valence-corrected chi connectivity index (χ0v) is 17.2. The number of anilines is 1. The molecule has 0 bridgehead atoms. The van der Waals surface area contributed by atoms with Gasteiger partial charge in [-0.3, -0.25) is 4.90 Å². The Morgan fingerprint density at radius 1 is 0.964 bits per heavy atom. The summed E-state index contributed by atoms with van der Waals surface area (Å²) in [6.45, 7) is 4.65. The van der Waals surface area contributed by atoms with Crippen LogP contribution in [0.5, 0.6) is 5.75 Å². The second-order valence-corrected chi connectivity index (χ2v) is 7.05. The van der Waals surface area contributed by atoms with Gasteiger partial charge in [-0.2, -0.15) is 4.99 Å². The first kappa shape index (κ1) is 21.6. The Hall–Kier alpha value is -2.73. The molecule has 1 aliphatic heterocycles. The van der Waals surface area contributed by atoms with Gasteiger partial charge in [0.15, 0.2) is 0 Å². The van der Waals surface area contributed by atoms with Crippen LogP contribution in [-0.4, -0.2) is 24.2 Å². The lowest BCUT2D eigenvalue weighted by Crippen LogP contribution is -2.54. The van der Waals surface area contributed by atoms with Gasteiger partial charge in [0, 0.05) is 5.69 Å². The molecule has 2 aromatic rings. The molecule has 28 heavy (non-hydrogen) atoms. The topological polar surface area (TPSA) is 89.2 Å². The van der Waals surface area contributed by atoms with E-state index in [-0.39, 0.29) is 18.4 Å². The highest BCUT2D eigenvalue weighted by molar-refractivity contribution is 6.05. The molecule has 150 valence electrons. The lowest BCUT2D eigenvalue weighted by Gasteiger charge is -2.38. The van der Waals surface area contributed by atoms with Crippen molar-refractivity contribution >= 4 is 30.0 Å². The van der Waals surface area contributed by atoms with E-state index < -0.39 is 5.66 Å². The van der Waals surface area contributed by atoms with E-state index >= 15 is 0 Å². The van der Waals surface area contributed by atoms with Crippen molar-refractivity contribution in [1.82, 2.24) is 0 Å². The first-order chi connectivity index (χ1) is 13.0. The highest BCUT2D eigenvalue weighted by Gasteiger charge is 2.32. The van der Waals surface area contributed by atoms with Crippen LogP contribution in [0.3, 0.4) is 0 Å². The van der Waals surface area contributed by atoms with Crippen LogP contribution < -0.4 is 21.1 Å². The zero-order chi connectivity index (χ0) is 19.3. The van der Waals surface area contributed by atoms with Gasteiger partial charge in [-0.25, -0.2) is 4.99 Å². The number of nitrogens with zero attached hydrogens (tertiary/aromatic N) is 3. The third kappa shape index (κ3) is 5.39. The molecule has 0 aromatic heterocycles. The fourth-order valence-corrected chi connectivity index (χ4v) is 3.20. The molecular formula is C21H28ClN5O. The van der Waals surface area contributed by atoms with E-state index in [1.54, 1.807) is 0 Å². The molecule has 7 heteroatoms. The molecule has 1 heterocycles. The van der Waals surface area contributed by atoms with Gasteiger partial charge in [0.1, 0.15) is 11.4 Å². The average molecular weight is 402 g/mol. The number of ether oxygens (including phenoxy) is 1. The van der Waals surface area contributed by atoms with Crippen molar-refractivity contribution in [2.45, 2.75) is 38.8 Å². The van der Waals surface area contributed by atoms with Crippen molar-refractivity contribution in [3.05, 3.63) is 60.2 Å². The zero-order valence-electron chi connectivity index (χ0n) is 16.3. The highest BCUT2D eigenvalue weighted by atomic mass is 35.5. The summed E-state index contributed by atoms with van der Waals surface area (Å²) in [7, 11) is 0. The van der Waals surface area contributed by atoms with Crippen LogP contribution in [0.2, 0.25) is 0 Å². The third-order valence-corrected chi connectivity index (χ3v) is 4.46. The number of aliphatic imine (C=N–C) groups is 2. The first-order valence-electron chi connectivity index (χ1n) is 9.22. The largest absolute Gasteiger partial charge is 0.494 e. The number of aryl methyl sites for hydroxylation is 1. The first-order valence-corrected chi connectivity index (χ1v) is 9.22. The van der Waals surface area contributed by atoms with E-state index in [1.807, 2.05) is 49.1 Å². The Kier molecular flexibility index (Phi) is 7.29. The second-order valence-electron chi connectivity index (χ2n) is 7.05. The summed E-state index contributed by atoms with van der Waals surface area (Å²) in [6.07, 6.45) is 3.10. The monoisotopic (exact) mass is 401 g/mol. The second kappa shape index (κ2) is 9.46.